The van der Waals surface area contributed by atoms with Crippen molar-refractivity contribution in [3.63, 3.8) is 0 Å². The summed E-state index contributed by atoms with van der Waals surface area (Å²) in [5.74, 6) is -0.0153. The fraction of sp³-hybridized carbons (Fsp3) is 0.179. The average molecular weight is 523 g/mol. The number of hydrogen-bond acceptors (Lipinski definition) is 4. The van der Waals surface area contributed by atoms with Crippen molar-refractivity contribution < 1.29 is 17.9 Å². The van der Waals surface area contributed by atoms with Gasteiger partial charge in [-0.2, -0.15) is 4.31 Å². The van der Waals surface area contributed by atoms with E-state index in [1.54, 1.807) is 0 Å². The molecule has 0 radical (unpaired) electrons. The molecule has 4 aromatic rings. The fourth-order valence-electron chi connectivity index (χ4n) is 4.00. The molecule has 8 heteroatoms. The molecule has 0 spiro atoms. The lowest BCUT2D eigenvalue weighted by Gasteiger charge is -2.22. The molecule has 1 amide bonds. The number of halogens is 1. The first kappa shape index (κ1) is 25.7. The summed E-state index contributed by atoms with van der Waals surface area (Å²) in [5.41, 5.74) is 1.93. The first-order chi connectivity index (χ1) is 17.4. The minimum absolute atomic E-state index is 0.00298. The Morgan fingerprint density at radius 1 is 0.944 bits per heavy atom. The summed E-state index contributed by atoms with van der Waals surface area (Å²) in [7, 11) is -2.54. The maximum Gasteiger partial charge on any atom is 0.243 e. The van der Waals surface area contributed by atoms with Crippen molar-refractivity contribution in [2.24, 2.45) is 0 Å². The molecule has 0 saturated heterocycles. The SMILES string of the molecule is COc1ccc(S(=O)(=O)N(CCc2ccccc2)CC(=O)NCc2cccc3ccccc23)cc1Cl. The van der Waals surface area contributed by atoms with Gasteiger partial charge in [-0.15, -0.1) is 0 Å². The number of amides is 1. The van der Waals surface area contributed by atoms with Crippen molar-refractivity contribution in [1.82, 2.24) is 9.62 Å². The summed E-state index contributed by atoms with van der Waals surface area (Å²) < 4.78 is 33.4. The third-order valence-corrected chi connectivity index (χ3v) is 8.07. The highest BCUT2D eigenvalue weighted by atomic mass is 35.5. The highest BCUT2D eigenvalue weighted by Crippen LogP contribution is 2.28. The summed E-state index contributed by atoms with van der Waals surface area (Å²) in [4.78, 5) is 13.0. The molecule has 0 aromatic heterocycles. The van der Waals surface area contributed by atoms with Gasteiger partial charge in [0, 0.05) is 13.1 Å². The molecule has 0 aliphatic rings. The molecule has 0 heterocycles. The van der Waals surface area contributed by atoms with Crippen LogP contribution in [0, 0.1) is 0 Å². The zero-order valence-corrected chi connectivity index (χ0v) is 21.4. The molecule has 0 atom stereocenters. The Balaban J connectivity index is 1.53. The topological polar surface area (TPSA) is 75.7 Å². The Bertz CT molecular complexity index is 1450. The molecule has 1 N–H and O–H groups in total. The number of benzene rings is 4. The molecule has 186 valence electrons. The van der Waals surface area contributed by atoms with Crippen molar-refractivity contribution in [3.05, 3.63) is 107 Å². The number of carbonyl (C=O) groups is 1. The number of ether oxygens (including phenoxy) is 1. The van der Waals surface area contributed by atoms with Crippen molar-refractivity contribution in [2.45, 2.75) is 17.9 Å². The lowest BCUT2D eigenvalue weighted by Crippen LogP contribution is -2.41. The molecule has 0 fully saturated rings. The molecule has 4 rings (SSSR count). The Kier molecular flexibility index (Phi) is 8.25. The van der Waals surface area contributed by atoms with E-state index in [0.717, 1.165) is 21.9 Å². The second kappa shape index (κ2) is 11.6. The molecule has 4 aromatic carbocycles. The van der Waals surface area contributed by atoms with E-state index in [1.807, 2.05) is 72.8 Å². The Hall–Kier alpha value is -3.39. The number of nitrogens with one attached hydrogen (secondary N) is 1. The summed E-state index contributed by atoms with van der Waals surface area (Å²) in [5, 5.41) is 5.18. The Labute approximate surface area is 216 Å². The van der Waals surface area contributed by atoms with Crippen LogP contribution in [0.25, 0.3) is 10.8 Å². The van der Waals surface area contributed by atoms with Gasteiger partial charge in [-0.25, -0.2) is 8.42 Å². The third kappa shape index (κ3) is 6.05. The maximum absolute atomic E-state index is 13.5. The molecular formula is C28H27ClN2O4S. The van der Waals surface area contributed by atoms with E-state index in [2.05, 4.69) is 5.32 Å². The van der Waals surface area contributed by atoms with E-state index < -0.39 is 10.0 Å². The number of fused-ring (bicyclic) bond motifs is 1. The van der Waals surface area contributed by atoms with Crippen molar-refractivity contribution in [2.75, 3.05) is 20.2 Å². The van der Waals surface area contributed by atoms with Crippen LogP contribution in [0.15, 0.2) is 95.9 Å². The number of nitrogens with zero attached hydrogens (tertiary/aromatic N) is 1. The zero-order valence-electron chi connectivity index (χ0n) is 19.9. The van der Waals surface area contributed by atoms with Crippen LogP contribution in [0.4, 0.5) is 0 Å². The predicted octanol–water partition coefficient (Wildman–Crippen LogP) is 5.05. The average Bonchev–Trinajstić information content (AvgIpc) is 2.90. The largest absolute Gasteiger partial charge is 0.495 e. The highest BCUT2D eigenvalue weighted by molar-refractivity contribution is 7.89. The highest BCUT2D eigenvalue weighted by Gasteiger charge is 2.27. The van der Waals surface area contributed by atoms with Gasteiger partial charge < -0.3 is 10.1 Å². The van der Waals surface area contributed by atoms with Crippen LogP contribution in [0.2, 0.25) is 5.02 Å². The second-order valence-corrected chi connectivity index (χ2v) is 10.6. The second-order valence-electron chi connectivity index (χ2n) is 8.29. The fourth-order valence-corrected chi connectivity index (χ4v) is 5.74. The van der Waals surface area contributed by atoms with E-state index in [-0.39, 0.29) is 28.9 Å². The van der Waals surface area contributed by atoms with Crippen LogP contribution in [-0.2, 0) is 27.8 Å². The van der Waals surface area contributed by atoms with Crippen LogP contribution in [0.3, 0.4) is 0 Å². The first-order valence-electron chi connectivity index (χ1n) is 11.5. The standard InChI is InChI=1S/C28H27ClN2O4S/c1-35-27-15-14-24(18-26(27)29)36(33,34)31(17-16-21-8-3-2-4-9-21)20-28(32)30-19-23-12-7-11-22-10-5-6-13-25(22)23/h2-15,18H,16-17,19-20H2,1H3,(H,30,32). The molecule has 36 heavy (non-hydrogen) atoms. The molecule has 0 aliphatic carbocycles. The van der Waals surface area contributed by atoms with Gasteiger partial charge >= 0.3 is 0 Å². The number of hydrogen-bond donors (Lipinski definition) is 1. The minimum Gasteiger partial charge on any atom is -0.495 e. The van der Waals surface area contributed by atoms with Crippen LogP contribution in [-0.4, -0.2) is 38.8 Å². The summed E-state index contributed by atoms with van der Waals surface area (Å²) in [6, 6.07) is 27.7. The number of rotatable bonds is 10. The van der Waals surface area contributed by atoms with E-state index in [9.17, 15) is 13.2 Å². The third-order valence-electron chi connectivity index (χ3n) is 5.93. The summed E-state index contributed by atoms with van der Waals surface area (Å²) in [6.07, 6.45) is 0.459. The molecule has 0 bridgehead atoms. The van der Waals surface area contributed by atoms with Crippen molar-refractivity contribution >= 4 is 38.3 Å². The van der Waals surface area contributed by atoms with E-state index in [0.29, 0.717) is 18.7 Å². The van der Waals surface area contributed by atoms with Gasteiger partial charge in [0.15, 0.2) is 0 Å². The molecule has 6 nitrogen and oxygen atoms in total. The molecule has 0 saturated carbocycles. The molecule has 0 aliphatic heterocycles. The van der Waals surface area contributed by atoms with Gasteiger partial charge in [0.2, 0.25) is 15.9 Å². The van der Waals surface area contributed by atoms with Gasteiger partial charge in [-0.3, -0.25) is 4.79 Å². The van der Waals surface area contributed by atoms with Crippen LogP contribution < -0.4 is 10.1 Å². The lowest BCUT2D eigenvalue weighted by atomic mass is 10.0. The predicted molar refractivity (Wildman–Crippen MR) is 143 cm³/mol. The van der Waals surface area contributed by atoms with E-state index in [1.165, 1.54) is 29.6 Å². The normalized spacial score (nSPS) is 11.5. The van der Waals surface area contributed by atoms with E-state index >= 15 is 0 Å². The lowest BCUT2D eigenvalue weighted by molar-refractivity contribution is -0.121. The number of sulfonamides is 1. The molecule has 0 unspecified atom stereocenters. The smallest absolute Gasteiger partial charge is 0.243 e. The Morgan fingerprint density at radius 3 is 2.42 bits per heavy atom. The molecular weight excluding hydrogens is 496 g/mol. The van der Waals surface area contributed by atoms with Crippen molar-refractivity contribution in [3.8, 4) is 5.75 Å². The van der Waals surface area contributed by atoms with Crippen LogP contribution >= 0.6 is 11.6 Å². The minimum atomic E-state index is -4.00. The maximum atomic E-state index is 13.5. The monoisotopic (exact) mass is 522 g/mol. The van der Waals surface area contributed by atoms with Gasteiger partial charge in [-0.05, 0) is 46.5 Å². The number of methoxy groups -OCH3 is 1. The first-order valence-corrected chi connectivity index (χ1v) is 13.3. The Morgan fingerprint density at radius 2 is 1.67 bits per heavy atom. The zero-order chi connectivity index (χ0) is 25.5. The van der Waals surface area contributed by atoms with Crippen molar-refractivity contribution in [1.29, 1.82) is 0 Å². The van der Waals surface area contributed by atoms with Crippen LogP contribution in [0.5, 0.6) is 5.75 Å². The number of carbonyl (C=O) groups excluding carboxylic acids is 1. The van der Waals surface area contributed by atoms with Crippen LogP contribution in [0.1, 0.15) is 11.1 Å². The van der Waals surface area contributed by atoms with Gasteiger partial charge in [-0.1, -0.05) is 84.4 Å². The summed E-state index contributed by atoms with van der Waals surface area (Å²) in [6.45, 7) is 0.113. The van der Waals surface area contributed by atoms with Gasteiger partial charge in [0.05, 0.1) is 23.6 Å². The summed E-state index contributed by atoms with van der Waals surface area (Å²) >= 11 is 6.20. The quantitative estimate of drug-likeness (QED) is 0.316. The van der Waals surface area contributed by atoms with Gasteiger partial charge in [0.1, 0.15) is 5.75 Å². The van der Waals surface area contributed by atoms with Gasteiger partial charge in [0.25, 0.3) is 0 Å². The van der Waals surface area contributed by atoms with E-state index in [4.69, 9.17) is 16.3 Å².